The number of carbonyl (C=O) groups is 1. The minimum absolute atomic E-state index is 0.247. The Kier molecular flexibility index (Phi) is 6.11. The Labute approximate surface area is 135 Å². The Morgan fingerprint density at radius 3 is 3.04 bits per heavy atom. The summed E-state index contributed by atoms with van der Waals surface area (Å²) in [5.74, 6) is 1.02. The first-order valence-corrected chi connectivity index (χ1v) is 7.32. The van der Waals surface area contributed by atoms with Crippen molar-refractivity contribution in [2.75, 3.05) is 25.5 Å². The lowest BCUT2D eigenvalue weighted by Gasteiger charge is -2.07. The summed E-state index contributed by atoms with van der Waals surface area (Å²) in [7, 11) is 1.65. The molecule has 1 aromatic heterocycles. The quantitative estimate of drug-likeness (QED) is 0.730. The van der Waals surface area contributed by atoms with E-state index in [0.29, 0.717) is 24.7 Å². The molecule has 0 aliphatic heterocycles. The molecule has 6 heteroatoms. The van der Waals surface area contributed by atoms with Crippen LogP contribution in [0.25, 0.3) is 0 Å². The molecule has 0 atom stereocenters. The van der Waals surface area contributed by atoms with Gasteiger partial charge in [-0.05, 0) is 30.2 Å². The van der Waals surface area contributed by atoms with E-state index < -0.39 is 0 Å². The molecule has 2 rings (SSSR count). The number of rotatable bonds is 8. The molecule has 0 bridgehead atoms. The van der Waals surface area contributed by atoms with Gasteiger partial charge in [0.1, 0.15) is 11.4 Å². The number of anilines is 1. The highest BCUT2D eigenvalue weighted by Crippen LogP contribution is 2.13. The van der Waals surface area contributed by atoms with Crippen molar-refractivity contribution in [3.8, 4) is 5.75 Å². The lowest BCUT2D eigenvalue weighted by Crippen LogP contribution is -2.24. The molecule has 1 aromatic carbocycles. The van der Waals surface area contributed by atoms with Gasteiger partial charge < -0.3 is 15.4 Å². The molecule has 0 aliphatic rings. The van der Waals surface area contributed by atoms with E-state index in [-0.39, 0.29) is 5.91 Å². The second kappa shape index (κ2) is 8.53. The van der Waals surface area contributed by atoms with Crippen LogP contribution < -0.4 is 15.4 Å². The molecule has 2 N–H and O–H groups in total. The van der Waals surface area contributed by atoms with Crippen LogP contribution in [0, 0.1) is 0 Å². The molecule has 0 unspecified atom stereocenters. The number of nitrogens with zero attached hydrogens (tertiary/aromatic N) is 2. The van der Waals surface area contributed by atoms with Gasteiger partial charge in [-0.25, -0.2) is 9.97 Å². The third-order valence-corrected chi connectivity index (χ3v) is 3.13. The first kappa shape index (κ1) is 16.5. The van der Waals surface area contributed by atoms with Gasteiger partial charge in [0, 0.05) is 19.3 Å². The SMILES string of the molecule is C=CCNC(=O)c1ccnc(NCCc2cccc(OC)c2)n1. The van der Waals surface area contributed by atoms with Crippen LogP contribution in [0.4, 0.5) is 5.95 Å². The third-order valence-electron chi connectivity index (χ3n) is 3.13. The van der Waals surface area contributed by atoms with E-state index in [1.54, 1.807) is 25.4 Å². The van der Waals surface area contributed by atoms with Gasteiger partial charge in [0.25, 0.3) is 5.91 Å². The average Bonchev–Trinajstić information content (AvgIpc) is 2.60. The van der Waals surface area contributed by atoms with E-state index in [2.05, 4.69) is 27.2 Å². The van der Waals surface area contributed by atoms with Gasteiger partial charge >= 0.3 is 0 Å². The van der Waals surface area contributed by atoms with E-state index in [1.165, 1.54) is 0 Å². The van der Waals surface area contributed by atoms with Crippen LogP contribution in [0.2, 0.25) is 0 Å². The molecule has 6 nitrogen and oxygen atoms in total. The Morgan fingerprint density at radius 2 is 2.26 bits per heavy atom. The molecule has 120 valence electrons. The first-order valence-electron chi connectivity index (χ1n) is 7.32. The van der Waals surface area contributed by atoms with Crippen LogP contribution in [0.1, 0.15) is 16.1 Å². The second-order valence-electron chi connectivity index (χ2n) is 4.79. The molecule has 0 fully saturated rings. The van der Waals surface area contributed by atoms with Crippen molar-refractivity contribution in [3.05, 3.63) is 60.4 Å². The molecule has 1 amide bonds. The highest BCUT2D eigenvalue weighted by Gasteiger charge is 2.07. The van der Waals surface area contributed by atoms with Gasteiger partial charge in [0.05, 0.1) is 7.11 Å². The van der Waals surface area contributed by atoms with Crippen LogP contribution in [-0.2, 0) is 6.42 Å². The fourth-order valence-electron chi connectivity index (χ4n) is 1.97. The minimum atomic E-state index is -0.247. The molecule has 0 saturated heterocycles. The van der Waals surface area contributed by atoms with Crippen LogP contribution >= 0.6 is 0 Å². The maximum absolute atomic E-state index is 11.8. The van der Waals surface area contributed by atoms with Gasteiger partial charge in [0.15, 0.2) is 0 Å². The number of carbonyl (C=O) groups excluding carboxylic acids is 1. The smallest absolute Gasteiger partial charge is 0.270 e. The number of nitrogens with one attached hydrogen (secondary N) is 2. The molecule has 0 aliphatic carbocycles. The molecular weight excluding hydrogens is 292 g/mol. The number of benzene rings is 1. The number of hydrogen-bond acceptors (Lipinski definition) is 5. The van der Waals surface area contributed by atoms with Crippen LogP contribution in [0.5, 0.6) is 5.75 Å². The zero-order valence-corrected chi connectivity index (χ0v) is 13.1. The first-order chi connectivity index (χ1) is 11.2. The van der Waals surface area contributed by atoms with E-state index in [1.807, 2.05) is 24.3 Å². The van der Waals surface area contributed by atoms with E-state index in [9.17, 15) is 4.79 Å². The Morgan fingerprint density at radius 1 is 1.39 bits per heavy atom. The van der Waals surface area contributed by atoms with Crippen molar-refractivity contribution in [1.29, 1.82) is 0 Å². The summed E-state index contributed by atoms with van der Waals surface area (Å²) in [4.78, 5) is 20.1. The zero-order valence-electron chi connectivity index (χ0n) is 13.1. The fraction of sp³-hybridized carbons (Fsp3) is 0.235. The minimum Gasteiger partial charge on any atom is -0.497 e. The predicted molar refractivity (Wildman–Crippen MR) is 89.7 cm³/mol. The summed E-state index contributed by atoms with van der Waals surface area (Å²) in [6.45, 7) is 4.62. The normalized spacial score (nSPS) is 9.96. The second-order valence-corrected chi connectivity index (χ2v) is 4.79. The monoisotopic (exact) mass is 312 g/mol. The molecule has 1 heterocycles. The summed E-state index contributed by atoms with van der Waals surface area (Å²) >= 11 is 0. The highest BCUT2D eigenvalue weighted by molar-refractivity contribution is 5.92. The van der Waals surface area contributed by atoms with Gasteiger partial charge in [0.2, 0.25) is 5.95 Å². The lowest BCUT2D eigenvalue weighted by molar-refractivity contribution is 0.0953. The van der Waals surface area contributed by atoms with Gasteiger partial charge in [-0.3, -0.25) is 4.79 Å². The maximum atomic E-state index is 11.8. The van der Waals surface area contributed by atoms with Crippen molar-refractivity contribution in [2.45, 2.75) is 6.42 Å². The largest absolute Gasteiger partial charge is 0.497 e. The number of ether oxygens (including phenoxy) is 1. The maximum Gasteiger partial charge on any atom is 0.270 e. The topological polar surface area (TPSA) is 76.1 Å². The zero-order chi connectivity index (χ0) is 16.5. The van der Waals surface area contributed by atoms with Crippen molar-refractivity contribution in [2.24, 2.45) is 0 Å². The Hall–Kier alpha value is -2.89. The van der Waals surface area contributed by atoms with Crippen LogP contribution in [-0.4, -0.2) is 36.1 Å². The van der Waals surface area contributed by atoms with Gasteiger partial charge in [-0.1, -0.05) is 18.2 Å². The molecule has 0 spiro atoms. The fourth-order valence-corrected chi connectivity index (χ4v) is 1.97. The summed E-state index contributed by atoms with van der Waals surface area (Å²) in [5, 5.41) is 5.80. The standard InChI is InChI=1S/C17H20N4O2/c1-3-9-18-16(22)15-8-11-20-17(21-15)19-10-7-13-5-4-6-14(12-13)23-2/h3-6,8,11-12H,1,7,9-10H2,2H3,(H,18,22)(H,19,20,21). The summed E-state index contributed by atoms with van der Waals surface area (Å²) in [6.07, 6.45) is 3.98. The Balaban J connectivity index is 1.90. The summed E-state index contributed by atoms with van der Waals surface area (Å²) in [5.41, 5.74) is 1.47. The van der Waals surface area contributed by atoms with Crippen LogP contribution in [0.3, 0.4) is 0 Å². The van der Waals surface area contributed by atoms with E-state index >= 15 is 0 Å². The van der Waals surface area contributed by atoms with Gasteiger partial charge in [-0.15, -0.1) is 6.58 Å². The van der Waals surface area contributed by atoms with Crippen molar-refractivity contribution < 1.29 is 9.53 Å². The van der Waals surface area contributed by atoms with Gasteiger partial charge in [-0.2, -0.15) is 0 Å². The number of amides is 1. The third kappa shape index (κ3) is 5.10. The average molecular weight is 312 g/mol. The molecule has 2 aromatic rings. The number of methoxy groups -OCH3 is 1. The Bertz CT molecular complexity index is 673. The van der Waals surface area contributed by atoms with Crippen molar-refractivity contribution in [1.82, 2.24) is 15.3 Å². The predicted octanol–water partition coefficient (Wildman–Crippen LogP) is 2.06. The highest BCUT2D eigenvalue weighted by atomic mass is 16.5. The molecule has 0 saturated carbocycles. The van der Waals surface area contributed by atoms with Crippen molar-refractivity contribution >= 4 is 11.9 Å². The molecule has 23 heavy (non-hydrogen) atoms. The van der Waals surface area contributed by atoms with E-state index in [4.69, 9.17) is 4.74 Å². The molecular formula is C17H20N4O2. The number of aromatic nitrogens is 2. The summed E-state index contributed by atoms with van der Waals surface area (Å²) in [6, 6.07) is 9.46. The van der Waals surface area contributed by atoms with Crippen molar-refractivity contribution in [3.63, 3.8) is 0 Å². The summed E-state index contributed by atoms with van der Waals surface area (Å²) < 4.78 is 5.20. The lowest BCUT2D eigenvalue weighted by atomic mass is 10.1. The molecule has 0 radical (unpaired) electrons. The van der Waals surface area contributed by atoms with E-state index in [0.717, 1.165) is 17.7 Å². The number of hydrogen-bond donors (Lipinski definition) is 2. The van der Waals surface area contributed by atoms with Crippen LogP contribution in [0.15, 0.2) is 49.2 Å².